The SMILES string of the molecule is CC(C)(C)NCc1ccnc(Oc2ccc(Cl)c(Cl)c2)c1. The molecule has 0 amide bonds. The molecule has 1 aromatic carbocycles. The van der Waals surface area contributed by atoms with Crippen molar-refractivity contribution in [1.82, 2.24) is 10.3 Å². The van der Waals surface area contributed by atoms with E-state index in [0.717, 1.165) is 12.1 Å². The van der Waals surface area contributed by atoms with Gasteiger partial charge in [0.05, 0.1) is 10.0 Å². The fourth-order valence-corrected chi connectivity index (χ4v) is 1.93. The second-order valence-corrected chi connectivity index (χ2v) is 6.60. The van der Waals surface area contributed by atoms with E-state index in [-0.39, 0.29) is 5.54 Å². The standard InChI is InChI=1S/C16H18Cl2N2O/c1-16(2,3)20-10-11-6-7-19-15(8-11)21-12-4-5-13(17)14(18)9-12/h4-9,20H,10H2,1-3H3. The number of hydrogen-bond donors (Lipinski definition) is 1. The van der Waals surface area contributed by atoms with E-state index in [2.05, 4.69) is 31.1 Å². The molecule has 0 atom stereocenters. The summed E-state index contributed by atoms with van der Waals surface area (Å²) in [5.74, 6) is 1.14. The van der Waals surface area contributed by atoms with Gasteiger partial charge < -0.3 is 10.1 Å². The Morgan fingerprint density at radius 1 is 1.10 bits per heavy atom. The molecule has 0 radical (unpaired) electrons. The number of hydrogen-bond acceptors (Lipinski definition) is 3. The fraction of sp³-hybridized carbons (Fsp3) is 0.312. The van der Waals surface area contributed by atoms with Crippen molar-refractivity contribution in [2.75, 3.05) is 0 Å². The molecule has 5 heteroatoms. The number of rotatable bonds is 4. The molecule has 0 bridgehead atoms. The Hall–Kier alpha value is -1.29. The molecule has 1 heterocycles. The zero-order chi connectivity index (χ0) is 15.5. The van der Waals surface area contributed by atoms with Crippen LogP contribution in [0.5, 0.6) is 11.6 Å². The first kappa shape index (κ1) is 16.1. The van der Waals surface area contributed by atoms with Crippen molar-refractivity contribution >= 4 is 23.2 Å². The van der Waals surface area contributed by atoms with Crippen molar-refractivity contribution in [3.05, 3.63) is 52.1 Å². The third-order valence-electron chi connectivity index (χ3n) is 2.74. The smallest absolute Gasteiger partial charge is 0.219 e. The van der Waals surface area contributed by atoms with Crippen LogP contribution < -0.4 is 10.1 Å². The Labute approximate surface area is 135 Å². The Bertz CT molecular complexity index is 624. The van der Waals surface area contributed by atoms with Gasteiger partial charge in [0.25, 0.3) is 0 Å². The molecule has 2 aromatic rings. The van der Waals surface area contributed by atoms with Gasteiger partial charge in [0.2, 0.25) is 5.88 Å². The molecule has 3 nitrogen and oxygen atoms in total. The minimum atomic E-state index is 0.0635. The summed E-state index contributed by atoms with van der Waals surface area (Å²) in [6, 6.07) is 8.99. The lowest BCUT2D eigenvalue weighted by atomic mass is 10.1. The molecular weight excluding hydrogens is 307 g/mol. The largest absolute Gasteiger partial charge is 0.439 e. The minimum Gasteiger partial charge on any atom is -0.439 e. The Kier molecular flexibility index (Phi) is 5.09. The van der Waals surface area contributed by atoms with Crippen LogP contribution in [-0.4, -0.2) is 10.5 Å². The highest BCUT2D eigenvalue weighted by atomic mass is 35.5. The van der Waals surface area contributed by atoms with Crippen LogP contribution in [0.3, 0.4) is 0 Å². The zero-order valence-electron chi connectivity index (χ0n) is 12.3. The summed E-state index contributed by atoms with van der Waals surface area (Å²) >= 11 is 11.9. The summed E-state index contributed by atoms with van der Waals surface area (Å²) in [6.07, 6.45) is 1.73. The van der Waals surface area contributed by atoms with Gasteiger partial charge in [-0.05, 0) is 44.5 Å². The quantitative estimate of drug-likeness (QED) is 0.852. The lowest BCUT2D eigenvalue weighted by Crippen LogP contribution is -2.35. The molecule has 2 rings (SSSR count). The van der Waals surface area contributed by atoms with E-state index in [4.69, 9.17) is 27.9 Å². The second-order valence-electron chi connectivity index (χ2n) is 5.78. The lowest BCUT2D eigenvalue weighted by molar-refractivity contribution is 0.422. The fourth-order valence-electron chi connectivity index (χ4n) is 1.64. The van der Waals surface area contributed by atoms with Crippen LogP contribution in [-0.2, 0) is 6.54 Å². The Morgan fingerprint density at radius 3 is 2.52 bits per heavy atom. The summed E-state index contributed by atoms with van der Waals surface area (Å²) < 4.78 is 5.70. The summed E-state index contributed by atoms with van der Waals surface area (Å²) in [6.45, 7) is 7.13. The molecule has 0 unspecified atom stereocenters. The Morgan fingerprint density at radius 2 is 1.86 bits per heavy atom. The van der Waals surface area contributed by atoms with Crippen LogP contribution in [0.1, 0.15) is 26.3 Å². The third-order valence-corrected chi connectivity index (χ3v) is 3.47. The molecule has 0 saturated heterocycles. The van der Waals surface area contributed by atoms with E-state index < -0.39 is 0 Å². The molecule has 0 saturated carbocycles. The molecule has 0 aliphatic rings. The number of benzene rings is 1. The van der Waals surface area contributed by atoms with Gasteiger partial charge in [0, 0.05) is 30.4 Å². The van der Waals surface area contributed by atoms with Crippen molar-refractivity contribution in [3.63, 3.8) is 0 Å². The first-order chi connectivity index (χ1) is 9.83. The van der Waals surface area contributed by atoms with Gasteiger partial charge in [-0.1, -0.05) is 23.2 Å². The Balaban J connectivity index is 2.08. The predicted octanol–water partition coefficient (Wildman–Crippen LogP) is 5.07. The van der Waals surface area contributed by atoms with Crippen molar-refractivity contribution in [1.29, 1.82) is 0 Å². The average Bonchev–Trinajstić information content (AvgIpc) is 2.40. The lowest BCUT2D eigenvalue weighted by Gasteiger charge is -2.20. The van der Waals surface area contributed by atoms with E-state index in [0.29, 0.717) is 21.7 Å². The highest BCUT2D eigenvalue weighted by molar-refractivity contribution is 6.42. The van der Waals surface area contributed by atoms with Crippen LogP contribution in [0.4, 0.5) is 0 Å². The van der Waals surface area contributed by atoms with Crippen LogP contribution in [0.15, 0.2) is 36.5 Å². The third kappa shape index (κ3) is 5.20. The van der Waals surface area contributed by atoms with Crippen molar-refractivity contribution in [2.45, 2.75) is 32.9 Å². The number of ether oxygens (including phenoxy) is 1. The van der Waals surface area contributed by atoms with Crippen LogP contribution in [0.25, 0.3) is 0 Å². The number of pyridine rings is 1. The van der Waals surface area contributed by atoms with E-state index in [1.54, 1.807) is 24.4 Å². The molecule has 1 N–H and O–H groups in total. The van der Waals surface area contributed by atoms with Crippen molar-refractivity contribution < 1.29 is 4.74 Å². The van der Waals surface area contributed by atoms with Gasteiger partial charge in [-0.15, -0.1) is 0 Å². The maximum atomic E-state index is 5.97. The molecule has 0 aliphatic carbocycles. The van der Waals surface area contributed by atoms with Crippen molar-refractivity contribution in [2.24, 2.45) is 0 Å². The van der Waals surface area contributed by atoms with Gasteiger partial charge >= 0.3 is 0 Å². The van der Waals surface area contributed by atoms with Gasteiger partial charge in [0.1, 0.15) is 5.75 Å². The predicted molar refractivity (Wildman–Crippen MR) is 87.4 cm³/mol. The first-order valence-corrected chi connectivity index (χ1v) is 7.42. The molecular formula is C16H18Cl2N2O. The minimum absolute atomic E-state index is 0.0635. The molecule has 0 fully saturated rings. The van der Waals surface area contributed by atoms with Crippen LogP contribution in [0.2, 0.25) is 10.0 Å². The van der Waals surface area contributed by atoms with Gasteiger partial charge in [-0.2, -0.15) is 0 Å². The van der Waals surface area contributed by atoms with E-state index in [9.17, 15) is 0 Å². The maximum Gasteiger partial charge on any atom is 0.219 e. The van der Waals surface area contributed by atoms with Gasteiger partial charge in [0.15, 0.2) is 0 Å². The van der Waals surface area contributed by atoms with Crippen molar-refractivity contribution in [3.8, 4) is 11.6 Å². The summed E-state index contributed by atoms with van der Waals surface area (Å²) in [7, 11) is 0. The molecule has 112 valence electrons. The average molecular weight is 325 g/mol. The highest BCUT2D eigenvalue weighted by Crippen LogP contribution is 2.28. The monoisotopic (exact) mass is 324 g/mol. The van der Waals surface area contributed by atoms with E-state index >= 15 is 0 Å². The van der Waals surface area contributed by atoms with Gasteiger partial charge in [-0.3, -0.25) is 0 Å². The number of halogens is 2. The molecule has 21 heavy (non-hydrogen) atoms. The molecule has 1 aromatic heterocycles. The molecule has 0 aliphatic heterocycles. The summed E-state index contributed by atoms with van der Waals surface area (Å²) in [5, 5.41) is 4.38. The summed E-state index contributed by atoms with van der Waals surface area (Å²) in [5.41, 5.74) is 1.17. The number of nitrogens with one attached hydrogen (secondary N) is 1. The second kappa shape index (κ2) is 6.65. The van der Waals surface area contributed by atoms with Crippen LogP contribution >= 0.6 is 23.2 Å². The topological polar surface area (TPSA) is 34.2 Å². The summed E-state index contributed by atoms with van der Waals surface area (Å²) in [4.78, 5) is 4.21. The number of nitrogens with zero attached hydrogens (tertiary/aromatic N) is 1. The number of aromatic nitrogens is 1. The normalized spacial score (nSPS) is 11.5. The van der Waals surface area contributed by atoms with E-state index in [1.165, 1.54) is 0 Å². The van der Waals surface area contributed by atoms with E-state index in [1.807, 2.05) is 12.1 Å². The molecule has 0 spiro atoms. The maximum absolute atomic E-state index is 5.97. The van der Waals surface area contributed by atoms with Gasteiger partial charge in [-0.25, -0.2) is 4.98 Å². The van der Waals surface area contributed by atoms with Crippen LogP contribution in [0, 0.1) is 0 Å². The zero-order valence-corrected chi connectivity index (χ0v) is 13.8. The highest BCUT2D eigenvalue weighted by Gasteiger charge is 2.09. The first-order valence-electron chi connectivity index (χ1n) is 6.66.